The van der Waals surface area contributed by atoms with Gasteiger partial charge in [0, 0.05) is 17.0 Å². The molecular formula is C15H15F3N2O2S. The van der Waals surface area contributed by atoms with Gasteiger partial charge in [0.05, 0.1) is 6.04 Å². The quantitative estimate of drug-likeness (QED) is 0.854. The van der Waals surface area contributed by atoms with Crippen LogP contribution < -0.4 is 15.4 Å². The molecule has 1 aromatic heterocycles. The Kier molecular flexibility index (Phi) is 5.49. The molecule has 1 atom stereocenters. The molecule has 2 N–H and O–H groups in total. The van der Waals surface area contributed by atoms with Gasteiger partial charge in [-0.2, -0.15) is 0 Å². The fraction of sp³-hybridized carbons (Fsp3) is 0.267. The molecule has 124 valence electrons. The molecule has 4 nitrogen and oxygen atoms in total. The second-order valence-corrected chi connectivity index (χ2v) is 5.70. The summed E-state index contributed by atoms with van der Waals surface area (Å²) in [6, 6.07) is 8.80. The van der Waals surface area contributed by atoms with Crippen molar-refractivity contribution < 1.29 is 22.7 Å². The number of halogens is 3. The van der Waals surface area contributed by atoms with Crippen LogP contribution in [-0.2, 0) is 6.54 Å². The maximum absolute atomic E-state index is 12.3. The Labute approximate surface area is 135 Å². The SMILES string of the molecule is C[C@H](NC(=O)NCc1ccccc1OC(F)(F)F)c1cccs1. The highest BCUT2D eigenvalue weighted by atomic mass is 32.1. The Bertz CT molecular complexity index is 644. The van der Waals surface area contributed by atoms with Gasteiger partial charge in [-0.3, -0.25) is 0 Å². The first-order valence-corrected chi connectivity index (χ1v) is 7.64. The lowest BCUT2D eigenvalue weighted by Crippen LogP contribution is -2.36. The molecule has 0 aliphatic heterocycles. The molecule has 1 heterocycles. The number of amides is 2. The van der Waals surface area contributed by atoms with Crippen molar-refractivity contribution in [2.45, 2.75) is 25.9 Å². The highest BCUT2D eigenvalue weighted by Gasteiger charge is 2.31. The molecule has 0 saturated carbocycles. The zero-order valence-electron chi connectivity index (χ0n) is 12.2. The average molecular weight is 344 g/mol. The van der Waals surface area contributed by atoms with E-state index in [2.05, 4.69) is 15.4 Å². The summed E-state index contributed by atoms with van der Waals surface area (Å²) < 4.78 is 40.9. The summed E-state index contributed by atoms with van der Waals surface area (Å²) in [5, 5.41) is 7.14. The maximum atomic E-state index is 12.3. The fourth-order valence-corrected chi connectivity index (χ4v) is 2.64. The predicted molar refractivity (Wildman–Crippen MR) is 81.2 cm³/mol. The van der Waals surface area contributed by atoms with E-state index in [-0.39, 0.29) is 23.9 Å². The van der Waals surface area contributed by atoms with Gasteiger partial charge in [0.25, 0.3) is 0 Å². The predicted octanol–water partition coefficient (Wildman–Crippen LogP) is 4.21. The molecule has 0 bridgehead atoms. The minimum atomic E-state index is -4.77. The molecule has 8 heteroatoms. The smallest absolute Gasteiger partial charge is 0.405 e. The summed E-state index contributed by atoms with van der Waals surface area (Å²) >= 11 is 1.51. The number of carbonyl (C=O) groups excluding carboxylic acids is 1. The molecule has 2 amide bonds. The number of hydrogen-bond acceptors (Lipinski definition) is 3. The molecule has 0 aliphatic carbocycles. The summed E-state index contributed by atoms with van der Waals surface area (Å²) in [5.74, 6) is -0.327. The Morgan fingerprint density at radius 1 is 1.26 bits per heavy atom. The van der Waals surface area contributed by atoms with Gasteiger partial charge in [-0.15, -0.1) is 24.5 Å². The van der Waals surface area contributed by atoms with Crippen LogP contribution in [0.2, 0.25) is 0 Å². The van der Waals surface area contributed by atoms with E-state index in [1.165, 1.54) is 29.5 Å². The van der Waals surface area contributed by atoms with E-state index in [4.69, 9.17) is 0 Å². The topological polar surface area (TPSA) is 50.4 Å². The summed E-state index contributed by atoms with van der Waals surface area (Å²) in [6.45, 7) is 1.75. The van der Waals surface area contributed by atoms with E-state index in [1.807, 2.05) is 24.4 Å². The van der Waals surface area contributed by atoms with E-state index >= 15 is 0 Å². The van der Waals surface area contributed by atoms with E-state index in [1.54, 1.807) is 6.07 Å². The number of carbonyl (C=O) groups is 1. The standard InChI is InChI=1S/C15H15F3N2O2S/c1-10(13-7-4-8-23-13)20-14(21)19-9-11-5-2-3-6-12(11)22-15(16,17)18/h2-8,10H,9H2,1H3,(H2,19,20,21)/t10-/m0/s1. The number of thiophene rings is 1. The number of urea groups is 1. The van der Waals surface area contributed by atoms with Gasteiger partial charge in [-0.25, -0.2) is 4.79 Å². The fourth-order valence-electron chi connectivity index (χ4n) is 1.91. The molecule has 2 rings (SSSR count). The zero-order chi connectivity index (χ0) is 16.9. The monoisotopic (exact) mass is 344 g/mol. The van der Waals surface area contributed by atoms with E-state index < -0.39 is 12.4 Å². The molecule has 2 aromatic rings. The molecule has 1 aromatic carbocycles. The lowest BCUT2D eigenvalue weighted by molar-refractivity contribution is -0.274. The minimum Gasteiger partial charge on any atom is -0.405 e. The second-order valence-electron chi connectivity index (χ2n) is 4.72. The first kappa shape index (κ1) is 17.1. The number of ether oxygens (including phenoxy) is 1. The van der Waals surface area contributed by atoms with Crippen molar-refractivity contribution in [3.8, 4) is 5.75 Å². The third-order valence-corrected chi connectivity index (χ3v) is 4.01. The van der Waals surface area contributed by atoms with Crippen LogP contribution in [0, 0.1) is 0 Å². The number of nitrogens with one attached hydrogen (secondary N) is 2. The van der Waals surface area contributed by atoms with Crippen LogP contribution in [0.1, 0.15) is 23.4 Å². The van der Waals surface area contributed by atoms with E-state index in [0.717, 1.165) is 4.88 Å². The van der Waals surface area contributed by atoms with Crippen LogP contribution in [0.4, 0.5) is 18.0 Å². The second kappa shape index (κ2) is 7.36. The lowest BCUT2D eigenvalue weighted by Gasteiger charge is -2.15. The summed E-state index contributed by atoms with van der Waals surface area (Å²) in [5.41, 5.74) is 0.240. The number of para-hydroxylation sites is 1. The first-order chi connectivity index (χ1) is 10.8. The van der Waals surface area contributed by atoms with E-state index in [9.17, 15) is 18.0 Å². The largest absolute Gasteiger partial charge is 0.573 e. The Balaban J connectivity index is 1.91. The lowest BCUT2D eigenvalue weighted by atomic mass is 10.2. The highest BCUT2D eigenvalue weighted by Crippen LogP contribution is 2.26. The molecule has 0 radical (unpaired) electrons. The van der Waals surface area contributed by atoms with Gasteiger partial charge in [-0.05, 0) is 24.4 Å². The molecule has 0 aliphatic rings. The maximum Gasteiger partial charge on any atom is 0.573 e. The van der Waals surface area contributed by atoms with Gasteiger partial charge >= 0.3 is 12.4 Å². The average Bonchev–Trinajstić information content (AvgIpc) is 2.99. The van der Waals surface area contributed by atoms with Gasteiger partial charge in [0.2, 0.25) is 0 Å². The van der Waals surface area contributed by atoms with Crippen LogP contribution in [-0.4, -0.2) is 12.4 Å². The van der Waals surface area contributed by atoms with Crippen molar-refractivity contribution in [2.24, 2.45) is 0 Å². The molecule has 23 heavy (non-hydrogen) atoms. The van der Waals surface area contributed by atoms with Gasteiger partial charge < -0.3 is 15.4 Å². The summed E-state index contributed by atoms with van der Waals surface area (Å²) in [7, 11) is 0. The Morgan fingerprint density at radius 2 is 2.00 bits per heavy atom. The summed E-state index contributed by atoms with van der Waals surface area (Å²) in [6.07, 6.45) is -4.77. The molecule has 0 fully saturated rings. The number of benzene rings is 1. The van der Waals surface area contributed by atoms with Gasteiger partial charge in [-0.1, -0.05) is 24.3 Å². The van der Waals surface area contributed by atoms with Crippen molar-refractivity contribution >= 4 is 17.4 Å². The van der Waals surface area contributed by atoms with Gasteiger partial charge in [0.15, 0.2) is 0 Å². The first-order valence-electron chi connectivity index (χ1n) is 6.76. The number of hydrogen-bond donors (Lipinski definition) is 2. The minimum absolute atomic E-state index is 0.0742. The molecular weight excluding hydrogens is 329 g/mol. The molecule has 0 saturated heterocycles. The third-order valence-electron chi connectivity index (χ3n) is 2.96. The normalized spacial score (nSPS) is 12.5. The van der Waals surface area contributed by atoms with E-state index in [0.29, 0.717) is 0 Å². The van der Waals surface area contributed by atoms with Crippen LogP contribution in [0.15, 0.2) is 41.8 Å². The number of alkyl halides is 3. The summed E-state index contributed by atoms with van der Waals surface area (Å²) in [4.78, 5) is 12.8. The van der Waals surface area contributed by atoms with Crippen molar-refractivity contribution in [1.82, 2.24) is 10.6 Å². The van der Waals surface area contributed by atoms with Crippen LogP contribution in [0.3, 0.4) is 0 Å². The highest BCUT2D eigenvalue weighted by molar-refractivity contribution is 7.10. The third kappa shape index (κ3) is 5.48. The Morgan fingerprint density at radius 3 is 2.65 bits per heavy atom. The number of rotatable bonds is 5. The molecule has 0 unspecified atom stereocenters. The van der Waals surface area contributed by atoms with Crippen molar-refractivity contribution in [3.05, 3.63) is 52.2 Å². The van der Waals surface area contributed by atoms with Crippen LogP contribution in [0.5, 0.6) is 5.75 Å². The molecule has 0 spiro atoms. The Hall–Kier alpha value is -2.22. The van der Waals surface area contributed by atoms with Crippen molar-refractivity contribution in [3.63, 3.8) is 0 Å². The van der Waals surface area contributed by atoms with Crippen LogP contribution in [0.25, 0.3) is 0 Å². The van der Waals surface area contributed by atoms with Gasteiger partial charge in [0.1, 0.15) is 5.75 Å². The van der Waals surface area contributed by atoms with Crippen molar-refractivity contribution in [1.29, 1.82) is 0 Å². The van der Waals surface area contributed by atoms with Crippen LogP contribution >= 0.6 is 11.3 Å². The zero-order valence-corrected chi connectivity index (χ0v) is 13.0. The van der Waals surface area contributed by atoms with Crippen molar-refractivity contribution in [2.75, 3.05) is 0 Å².